The normalized spacial score (nSPS) is 12.1. The highest BCUT2D eigenvalue weighted by atomic mass is 15.2. The summed E-state index contributed by atoms with van der Waals surface area (Å²) in [7, 11) is 0. The molecule has 0 bridgehead atoms. The Kier molecular flexibility index (Phi) is 13.0. The second kappa shape index (κ2) is 22.0. The third-order valence-corrected chi connectivity index (χ3v) is 17.2. The van der Waals surface area contributed by atoms with Crippen LogP contribution in [0.3, 0.4) is 0 Å². The van der Waals surface area contributed by atoms with Crippen molar-refractivity contribution in [3.8, 4) is 101 Å². The van der Waals surface area contributed by atoms with Gasteiger partial charge in [-0.3, -0.25) is 0 Å². The molecule has 0 saturated carbocycles. The fraction of sp³-hybridized carbons (Fsp3) is 0. The van der Waals surface area contributed by atoms with Crippen LogP contribution in [0.1, 0.15) is 0 Å². The molecule has 4 nitrogen and oxygen atoms in total. The largest absolute Gasteiger partial charge is 0.311 e. The average Bonchev–Trinajstić information content (AvgIpc) is 0.729. The number of hydrogen-bond acceptors (Lipinski definition) is 4. The highest BCUT2D eigenvalue weighted by Gasteiger charge is 2.44. The van der Waals surface area contributed by atoms with Crippen molar-refractivity contribution in [3.05, 3.63) is 334 Å². The van der Waals surface area contributed by atoms with Crippen LogP contribution in [-0.4, -0.2) is 16.7 Å². The van der Waals surface area contributed by atoms with Crippen molar-refractivity contribution in [1.29, 1.82) is 0 Å². The van der Waals surface area contributed by atoms with Gasteiger partial charge >= 0.3 is 0 Å². The molecule has 0 amide bonds. The number of aromatic nitrogens is 2. The first-order valence-corrected chi connectivity index (χ1v) is 29.8. The maximum atomic E-state index is 5.60. The smallest absolute Gasteiger partial charge is 0.252 e. The first kappa shape index (κ1) is 51.3. The molecule has 14 aromatic rings. The minimum atomic E-state index is -0.212. The molecule has 0 atom stereocenters. The van der Waals surface area contributed by atoms with E-state index in [1.165, 1.54) is 27.5 Å². The van der Waals surface area contributed by atoms with E-state index in [0.717, 1.165) is 118 Å². The molecule has 0 aliphatic carbocycles. The zero-order valence-electron chi connectivity index (χ0n) is 47.6. The van der Waals surface area contributed by atoms with Crippen molar-refractivity contribution in [3.63, 3.8) is 0 Å². The van der Waals surface area contributed by atoms with E-state index in [-0.39, 0.29) is 6.71 Å². The van der Waals surface area contributed by atoms with Crippen molar-refractivity contribution in [2.45, 2.75) is 0 Å². The number of fused-ring (bicyclic) bond motifs is 4. The minimum absolute atomic E-state index is 0.212. The van der Waals surface area contributed by atoms with Crippen LogP contribution < -0.4 is 26.2 Å². The Bertz CT molecular complexity index is 4420. The molecule has 406 valence electrons. The molecule has 0 fully saturated rings. The fourth-order valence-corrected chi connectivity index (χ4v) is 13.1. The van der Waals surface area contributed by atoms with Gasteiger partial charge in [-0.25, -0.2) is 9.97 Å². The lowest BCUT2D eigenvalue weighted by Gasteiger charge is -2.45. The number of rotatable bonds is 11. The molecule has 0 unspecified atom stereocenters. The molecular weight excluding hydrogens is 1050 g/mol. The lowest BCUT2D eigenvalue weighted by Crippen LogP contribution is -2.61. The van der Waals surface area contributed by atoms with E-state index in [0.29, 0.717) is 5.82 Å². The second-order valence-corrected chi connectivity index (χ2v) is 22.5. The first-order valence-electron chi connectivity index (χ1n) is 29.8. The van der Waals surface area contributed by atoms with E-state index in [4.69, 9.17) is 9.97 Å². The summed E-state index contributed by atoms with van der Waals surface area (Å²) in [5.41, 5.74) is 28.4. The van der Waals surface area contributed by atoms with Crippen molar-refractivity contribution in [2.24, 2.45) is 0 Å². The molecule has 16 rings (SSSR count). The molecule has 0 N–H and O–H groups in total. The molecule has 2 aliphatic rings. The summed E-state index contributed by atoms with van der Waals surface area (Å²) < 4.78 is 0. The summed E-state index contributed by atoms with van der Waals surface area (Å²) in [5.74, 6) is 0.661. The van der Waals surface area contributed by atoms with Crippen LogP contribution in [0.15, 0.2) is 334 Å². The minimum Gasteiger partial charge on any atom is -0.311 e. The van der Waals surface area contributed by atoms with Crippen molar-refractivity contribution in [1.82, 2.24) is 9.97 Å². The van der Waals surface area contributed by atoms with E-state index in [1.54, 1.807) is 0 Å². The van der Waals surface area contributed by atoms with Crippen LogP contribution in [0.25, 0.3) is 101 Å². The van der Waals surface area contributed by atoms with Gasteiger partial charge in [0.15, 0.2) is 5.82 Å². The van der Waals surface area contributed by atoms with Crippen LogP contribution in [0.5, 0.6) is 0 Å². The number of anilines is 6. The highest BCUT2D eigenvalue weighted by Crippen LogP contribution is 2.49. The predicted octanol–water partition coefficient (Wildman–Crippen LogP) is 19.6. The molecule has 1 aromatic heterocycles. The second-order valence-electron chi connectivity index (χ2n) is 22.5. The van der Waals surface area contributed by atoms with Crippen LogP contribution >= 0.6 is 0 Å². The molecule has 0 spiro atoms. The van der Waals surface area contributed by atoms with Gasteiger partial charge in [0.25, 0.3) is 6.71 Å². The van der Waals surface area contributed by atoms with Gasteiger partial charge < -0.3 is 9.80 Å². The monoisotopic (exact) mass is 1110 g/mol. The Morgan fingerprint density at radius 1 is 0.207 bits per heavy atom. The van der Waals surface area contributed by atoms with Crippen molar-refractivity contribution in [2.75, 3.05) is 9.80 Å². The van der Waals surface area contributed by atoms with Crippen LogP contribution in [0.4, 0.5) is 34.1 Å². The maximum absolute atomic E-state index is 5.60. The molecule has 87 heavy (non-hydrogen) atoms. The van der Waals surface area contributed by atoms with Crippen molar-refractivity contribution < 1.29 is 0 Å². The lowest BCUT2D eigenvalue weighted by molar-refractivity contribution is 1.18. The summed E-state index contributed by atoms with van der Waals surface area (Å²) in [6, 6.07) is 121. The van der Waals surface area contributed by atoms with E-state index >= 15 is 0 Å². The Labute approximate surface area is 508 Å². The molecular formula is C82H55BN4. The van der Waals surface area contributed by atoms with Crippen LogP contribution in [0.2, 0.25) is 0 Å². The molecule has 5 heteroatoms. The number of hydrogen-bond donors (Lipinski definition) is 0. The molecule has 0 saturated heterocycles. The lowest BCUT2D eigenvalue weighted by atomic mass is 9.33. The fourth-order valence-electron chi connectivity index (χ4n) is 13.1. The van der Waals surface area contributed by atoms with Crippen LogP contribution in [0, 0.1) is 0 Å². The van der Waals surface area contributed by atoms with E-state index < -0.39 is 0 Å². The Morgan fingerprint density at radius 3 is 0.851 bits per heavy atom. The Balaban J connectivity index is 1.05. The number of benzene rings is 13. The Hall–Kier alpha value is -11.4. The van der Waals surface area contributed by atoms with E-state index in [2.05, 4.69) is 337 Å². The molecule has 3 heterocycles. The molecule has 2 aliphatic heterocycles. The van der Waals surface area contributed by atoms with Gasteiger partial charge in [-0.15, -0.1) is 0 Å². The third-order valence-electron chi connectivity index (χ3n) is 17.2. The Morgan fingerprint density at radius 2 is 0.506 bits per heavy atom. The van der Waals surface area contributed by atoms with Crippen molar-refractivity contribution >= 4 is 57.2 Å². The van der Waals surface area contributed by atoms with Gasteiger partial charge in [0.05, 0.1) is 11.4 Å². The van der Waals surface area contributed by atoms with Gasteiger partial charge in [-0.2, -0.15) is 0 Å². The van der Waals surface area contributed by atoms with E-state index in [9.17, 15) is 0 Å². The maximum Gasteiger partial charge on any atom is 0.252 e. The summed E-state index contributed by atoms with van der Waals surface area (Å²) in [4.78, 5) is 16.0. The summed E-state index contributed by atoms with van der Waals surface area (Å²) >= 11 is 0. The van der Waals surface area contributed by atoms with E-state index in [1.807, 2.05) is 6.07 Å². The summed E-state index contributed by atoms with van der Waals surface area (Å²) in [5, 5.41) is 0. The summed E-state index contributed by atoms with van der Waals surface area (Å²) in [6.07, 6.45) is 0. The standard InChI is InChI=1S/C82H55BN4/c1-9-25-56(26-10-1)64-41-43-77-73(51-64)83-74-52-65(57-27-11-2-12-28-57)42-44-78(74)87(72-49-68(60-33-17-5-18-34-60)46-69(50-72)61-35-19-6-20-36-61)80-54-70(76-55-75(62-37-21-7-22-38-62)84-82(85-76)63-39-23-8-24-40-63)53-79(81(80)83)86(77)71-47-66(58-29-13-3-14-30-58)45-67(48-71)59-31-15-4-16-32-59/h1-55H. The van der Waals surface area contributed by atoms with Gasteiger partial charge in [0.1, 0.15) is 0 Å². The summed E-state index contributed by atoms with van der Waals surface area (Å²) in [6.45, 7) is -0.212. The highest BCUT2D eigenvalue weighted by molar-refractivity contribution is 7.00. The quantitative estimate of drug-likeness (QED) is 0.121. The van der Waals surface area contributed by atoms with Crippen LogP contribution in [-0.2, 0) is 0 Å². The van der Waals surface area contributed by atoms with Gasteiger partial charge in [0, 0.05) is 50.8 Å². The first-order chi connectivity index (χ1) is 43.1. The SMILES string of the molecule is c1ccc(-c2cc(-c3ccccc3)cc(N3c4ccc(-c5ccccc5)cc4B4c5cc(-c6ccccc6)ccc5N(c5cc(-c6ccccc6)cc(-c6ccccc6)c5)c5cc(-c6cc(-c7ccccc7)nc(-c7ccccc7)n6)cc3c54)c2)cc1. The average molecular weight is 1110 g/mol. The van der Waals surface area contributed by atoms with Gasteiger partial charge in [0.2, 0.25) is 0 Å². The molecule has 0 radical (unpaired) electrons. The van der Waals surface area contributed by atoms with Gasteiger partial charge in [-0.05, 0) is 150 Å². The molecule has 13 aromatic carbocycles. The predicted molar refractivity (Wildman–Crippen MR) is 365 cm³/mol. The topological polar surface area (TPSA) is 32.3 Å². The number of nitrogens with zero attached hydrogens (tertiary/aromatic N) is 4. The zero-order chi connectivity index (χ0) is 57.6. The zero-order valence-corrected chi connectivity index (χ0v) is 47.6. The van der Waals surface area contributed by atoms with Gasteiger partial charge in [-0.1, -0.05) is 267 Å². The third kappa shape index (κ3) is 9.58.